The van der Waals surface area contributed by atoms with Gasteiger partial charge in [-0.05, 0) is 45.4 Å². The van der Waals surface area contributed by atoms with Crippen molar-refractivity contribution in [2.75, 3.05) is 37.0 Å². The number of pyridine rings is 2. The average molecular weight is 479 g/mol. The Morgan fingerprint density at radius 1 is 1.11 bits per heavy atom. The van der Waals surface area contributed by atoms with Gasteiger partial charge in [-0.25, -0.2) is 15.0 Å². The number of hydrogen-bond acceptors (Lipinski definition) is 8. The van der Waals surface area contributed by atoms with Crippen molar-refractivity contribution < 1.29 is 9.47 Å². The van der Waals surface area contributed by atoms with Crippen LogP contribution < -0.4 is 20.5 Å². The van der Waals surface area contributed by atoms with Crippen LogP contribution in [0, 0.1) is 6.92 Å². The first-order chi connectivity index (χ1) is 17.0. The van der Waals surface area contributed by atoms with Gasteiger partial charge in [0.1, 0.15) is 17.3 Å². The summed E-state index contributed by atoms with van der Waals surface area (Å²) in [7, 11) is 1.59. The maximum absolute atomic E-state index is 13.8. The van der Waals surface area contributed by atoms with Crippen LogP contribution in [0.5, 0.6) is 5.88 Å². The zero-order valence-electron chi connectivity index (χ0n) is 21.1. The summed E-state index contributed by atoms with van der Waals surface area (Å²) in [5, 5.41) is 3.52. The second-order valence-electron chi connectivity index (χ2n) is 8.48. The van der Waals surface area contributed by atoms with Gasteiger partial charge < -0.3 is 19.7 Å². The fourth-order valence-corrected chi connectivity index (χ4v) is 4.60. The van der Waals surface area contributed by atoms with Crippen molar-refractivity contribution in [2.24, 2.45) is 0 Å². The lowest BCUT2D eigenvalue weighted by Crippen LogP contribution is -2.38. The summed E-state index contributed by atoms with van der Waals surface area (Å²) in [6, 6.07) is 9.51. The molecule has 1 aliphatic heterocycles. The Labute approximate surface area is 206 Å². The van der Waals surface area contributed by atoms with Gasteiger partial charge in [0.2, 0.25) is 5.88 Å². The van der Waals surface area contributed by atoms with Gasteiger partial charge >= 0.3 is 0 Å². The van der Waals surface area contributed by atoms with E-state index in [1.54, 1.807) is 23.9 Å². The van der Waals surface area contributed by atoms with E-state index in [0.717, 1.165) is 22.8 Å². The molecule has 3 aromatic rings. The van der Waals surface area contributed by atoms with E-state index in [0.29, 0.717) is 50.1 Å². The number of ether oxygens (including phenoxy) is 2. The maximum atomic E-state index is 13.8. The third-order valence-electron chi connectivity index (χ3n) is 6.36. The van der Waals surface area contributed by atoms with Gasteiger partial charge in [0, 0.05) is 44.1 Å². The Kier molecular flexibility index (Phi) is 7.65. The molecular weight excluding hydrogens is 444 g/mol. The van der Waals surface area contributed by atoms with E-state index in [1.165, 1.54) is 0 Å². The molecule has 0 amide bonds. The summed E-state index contributed by atoms with van der Waals surface area (Å²) in [6.45, 7) is 10.3. The fourth-order valence-electron chi connectivity index (χ4n) is 4.60. The lowest BCUT2D eigenvalue weighted by Gasteiger charge is -2.23. The van der Waals surface area contributed by atoms with Crippen molar-refractivity contribution in [1.82, 2.24) is 19.5 Å². The summed E-state index contributed by atoms with van der Waals surface area (Å²) in [5.74, 6) is 2.06. The molecule has 9 nitrogen and oxygen atoms in total. The van der Waals surface area contributed by atoms with Crippen LogP contribution in [0.25, 0.3) is 11.4 Å². The monoisotopic (exact) mass is 478 g/mol. The number of nitrogens with zero attached hydrogens (tertiary/aromatic N) is 5. The first kappa shape index (κ1) is 24.7. The van der Waals surface area contributed by atoms with E-state index in [2.05, 4.69) is 20.2 Å². The molecule has 1 fully saturated rings. The second-order valence-corrected chi connectivity index (χ2v) is 8.48. The molecule has 0 spiro atoms. The quantitative estimate of drug-likeness (QED) is 0.501. The Hall–Kier alpha value is -3.46. The Morgan fingerprint density at radius 2 is 1.94 bits per heavy atom. The first-order valence-electron chi connectivity index (χ1n) is 12.2. The van der Waals surface area contributed by atoms with Crippen molar-refractivity contribution in [3.63, 3.8) is 0 Å². The van der Waals surface area contributed by atoms with Crippen molar-refractivity contribution in [2.45, 2.75) is 52.8 Å². The van der Waals surface area contributed by atoms with E-state index in [4.69, 9.17) is 14.5 Å². The number of hydrogen-bond donors (Lipinski definition) is 1. The summed E-state index contributed by atoms with van der Waals surface area (Å²) in [4.78, 5) is 29.9. The van der Waals surface area contributed by atoms with Crippen LogP contribution in [0.1, 0.15) is 32.2 Å². The topological polar surface area (TPSA) is 94.4 Å². The Morgan fingerprint density at radius 3 is 2.57 bits per heavy atom. The van der Waals surface area contributed by atoms with Gasteiger partial charge in [0.25, 0.3) is 5.56 Å². The molecule has 0 aromatic carbocycles. The molecule has 2 unspecified atom stereocenters. The summed E-state index contributed by atoms with van der Waals surface area (Å²) >= 11 is 0. The second kappa shape index (κ2) is 10.9. The number of rotatable bonds is 9. The highest BCUT2D eigenvalue weighted by Crippen LogP contribution is 2.26. The zero-order valence-corrected chi connectivity index (χ0v) is 21.1. The molecule has 9 heteroatoms. The molecule has 3 aromatic heterocycles. The minimum absolute atomic E-state index is 0.0719. The standard InChI is InChI=1S/C26H34N6O3/c1-6-19-24(29-20-15-31(16-21(20)35-8-3)22-11-9-10-14-27-22)26(33)32(7-2)25(30-19)18-12-13-23(34-5)28-17(18)4/h9-14,20-21,29H,6-8,15-16H2,1-5H3. The SMILES string of the molecule is CCOC1CN(c2ccccn2)CC1Nc1c(CC)nc(-c2ccc(OC)nc2C)n(CC)c1=O. The Balaban J connectivity index is 1.71. The molecule has 2 atom stereocenters. The van der Waals surface area contributed by atoms with E-state index in [-0.39, 0.29) is 17.7 Å². The van der Waals surface area contributed by atoms with E-state index in [9.17, 15) is 4.79 Å². The summed E-state index contributed by atoms with van der Waals surface area (Å²) < 4.78 is 13.0. The fraction of sp³-hybridized carbons (Fsp3) is 0.462. The lowest BCUT2D eigenvalue weighted by molar-refractivity contribution is 0.0719. The van der Waals surface area contributed by atoms with Gasteiger partial charge in [-0.1, -0.05) is 13.0 Å². The van der Waals surface area contributed by atoms with E-state index in [1.807, 2.05) is 52.0 Å². The minimum Gasteiger partial charge on any atom is -0.481 e. The van der Waals surface area contributed by atoms with Gasteiger partial charge in [0.15, 0.2) is 0 Å². The molecule has 0 saturated carbocycles. The predicted molar refractivity (Wildman–Crippen MR) is 137 cm³/mol. The third kappa shape index (κ3) is 5.00. The van der Waals surface area contributed by atoms with Crippen LogP contribution >= 0.6 is 0 Å². The van der Waals surface area contributed by atoms with Gasteiger partial charge in [-0.15, -0.1) is 0 Å². The predicted octanol–water partition coefficient (Wildman–Crippen LogP) is 3.31. The molecule has 0 radical (unpaired) electrons. The summed E-state index contributed by atoms with van der Waals surface area (Å²) in [6.07, 6.45) is 2.33. The molecule has 4 rings (SSSR count). The number of nitrogens with one attached hydrogen (secondary N) is 1. The molecule has 0 bridgehead atoms. The molecule has 1 N–H and O–H groups in total. The molecule has 186 valence electrons. The van der Waals surface area contributed by atoms with Crippen LogP contribution in [-0.2, 0) is 17.7 Å². The number of aromatic nitrogens is 4. The van der Waals surface area contributed by atoms with Crippen LogP contribution in [0.15, 0.2) is 41.3 Å². The number of methoxy groups -OCH3 is 1. The van der Waals surface area contributed by atoms with Crippen LogP contribution in [0.4, 0.5) is 11.5 Å². The van der Waals surface area contributed by atoms with Gasteiger partial charge in [-0.3, -0.25) is 9.36 Å². The largest absolute Gasteiger partial charge is 0.481 e. The van der Waals surface area contributed by atoms with Gasteiger partial charge in [-0.2, -0.15) is 0 Å². The molecule has 35 heavy (non-hydrogen) atoms. The van der Waals surface area contributed by atoms with E-state index >= 15 is 0 Å². The smallest absolute Gasteiger partial charge is 0.277 e. The highest BCUT2D eigenvalue weighted by atomic mass is 16.5. The van der Waals surface area contributed by atoms with Crippen LogP contribution in [0.3, 0.4) is 0 Å². The van der Waals surface area contributed by atoms with E-state index < -0.39 is 0 Å². The molecular formula is C26H34N6O3. The van der Waals surface area contributed by atoms with Crippen molar-refractivity contribution >= 4 is 11.5 Å². The molecule has 4 heterocycles. The lowest BCUT2D eigenvalue weighted by atomic mass is 10.1. The molecule has 1 aliphatic rings. The average Bonchev–Trinajstić information content (AvgIpc) is 3.28. The zero-order chi connectivity index (χ0) is 24.9. The van der Waals surface area contributed by atoms with Crippen molar-refractivity contribution in [3.05, 3.63) is 58.3 Å². The van der Waals surface area contributed by atoms with Crippen molar-refractivity contribution in [3.8, 4) is 17.3 Å². The minimum atomic E-state index is -0.0869. The van der Waals surface area contributed by atoms with Crippen LogP contribution in [-0.4, -0.2) is 58.5 Å². The normalized spacial score (nSPS) is 17.6. The summed E-state index contributed by atoms with van der Waals surface area (Å²) in [5.41, 5.74) is 2.77. The molecule has 0 aliphatic carbocycles. The Bertz CT molecular complexity index is 1210. The molecule has 1 saturated heterocycles. The first-order valence-corrected chi connectivity index (χ1v) is 12.2. The third-order valence-corrected chi connectivity index (χ3v) is 6.36. The van der Waals surface area contributed by atoms with Gasteiger partial charge in [0.05, 0.1) is 30.6 Å². The van der Waals surface area contributed by atoms with Crippen LogP contribution in [0.2, 0.25) is 0 Å². The highest BCUT2D eigenvalue weighted by Gasteiger charge is 2.35. The number of aryl methyl sites for hydroxylation is 2. The van der Waals surface area contributed by atoms with Crippen molar-refractivity contribution in [1.29, 1.82) is 0 Å². The maximum Gasteiger partial charge on any atom is 0.277 e. The highest BCUT2D eigenvalue weighted by molar-refractivity contribution is 5.62. The number of anilines is 2.